The molecule has 5 nitrogen and oxygen atoms in total. The average Bonchev–Trinajstić information content (AvgIpc) is 1.81. The molecule has 0 saturated heterocycles. The van der Waals surface area contributed by atoms with Gasteiger partial charge in [0, 0.05) is 6.07 Å². The predicted molar refractivity (Wildman–Crippen MR) is 40.5 cm³/mol. The molecule has 0 aliphatic rings. The van der Waals surface area contributed by atoms with E-state index in [1.54, 1.807) is 6.92 Å². The first-order chi connectivity index (χ1) is 5.58. The lowest BCUT2D eigenvalue weighted by atomic mass is 10.2. The second-order valence-electron chi connectivity index (χ2n) is 2.17. The molecule has 1 aromatic rings. The first-order valence-corrected chi connectivity index (χ1v) is 3.22. The molecule has 1 rings (SSSR count). The number of hydrogen-bond donors (Lipinski definition) is 2. The van der Waals surface area contributed by atoms with Gasteiger partial charge in [0.25, 0.3) is 0 Å². The highest BCUT2D eigenvalue weighted by molar-refractivity contribution is 6.33. The zero-order chi connectivity index (χ0) is 9.14. The van der Waals surface area contributed by atoms with Crippen LogP contribution in [0.1, 0.15) is 5.76 Å². The fraction of sp³-hybridized carbons (Fsp3) is 0.167. The van der Waals surface area contributed by atoms with Gasteiger partial charge in [-0.25, -0.2) is 4.79 Å². The Morgan fingerprint density at radius 2 is 2.17 bits per heavy atom. The van der Waals surface area contributed by atoms with Crippen molar-refractivity contribution in [3.8, 4) is 5.75 Å². The van der Waals surface area contributed by atoms with Crippen LogP contribution in [0.5, 0.6) is 5.75 Å². The summed E-state index contributed by atoms with van der Waals surface area (Å²) in [6.45, 7) is 1.55. The third kappa shape index (κ3) is 2.41. The Hall–Kier alpha value is -1.27. The molecule has 0 atom stereocenters. The topological polar surface area (TPSA) is 79.9 Å². The van der Waals surface area contributed by atoms with Crippen LogP contribution in [0.4, 0.5) is 0 Å². The van der Waals surface area contributed by atoms with E-state index in [9.17, 15) is 4.79 Å². The molecule has 0 radical (unpaired) electrons. The fourth-order valence-electron chi connectivity index (χ4n) is 0.766. The molecule has 0 fully saturated rings. The van der Waals surface area contributed by atoms with Crippen molar-refractivity contribution in [3.05, 3.63) is 28.3 Å². The summed E-state index contributed by atoms with van der Waals surface area (Å²) in [6, 6.07) is 2.40. The summed E-state index contributed by atoms with van der Waals surface area (Å²) in [7, 11) is -1.92. The smallest absolute Gasteiger partial charge is 0.512 e. The monoisotopic (exact) mass is 170 g/mol. The van der Waals surface area contributed by atoms with Gasteiger partial charge in [-0.15, -0.1) is 0 Å². The van der Waals surface area contributed by atoms with E-state index in [1.165, 1.54) is 6.07 Å². The molecule has 0 aromatic carbocycles. The molecule has 64 valence electrons. The highest BCUT2D eigenvalue weighted by Crippen LogP contribution is 2.08. The van der Waals surface area contributed by atoms with E-state index < -0.39 is 12.9 Å². The van der Waals surface area contributed by atoms with Crippen molar-refractivity contribution in [2.75, 3.05) is 0 Å². The van der Waals surface area contributed by atoms with Gasteiger partial charge in [0.15, 0.2) is 0 Å². The van der Waals surface area contributed by atoms with E-state index in [1.807, 2.05) is 0 Å². The summed E-state index contributed by atoms with van der Waals surface area (Å²) in [5, 5.41) is 16.8. The van der Waals surface area contributed by atoms with Crippen LogP contribution in [0.25, 0.3) is 0 Å². The van der Waals surface area contributed by atoms with Crippen LogP contribution in [-0.4, -0.2) is 17.4 Å². The third-order valence-electron chi connectivity index (χ3n) is 1.11. The van der Waals surface area contributed by atoms with E-state index in [4.69, 9.17) is 10.0 Å². The van der Waals surface area contributed by atoms with Gasteiger partial charge in [0.05, 0.1) is 6.07 Å². The summed E-state index contributed by atoms with van der Waals surface area (Å²) in [5.41, 5.74) is -0.592. The Balaban J connectivity index is 2.93. The third-order valence-corrected chi connectivity index (χ3v) is 1.11. The molecule has 2 N–H and O–H groups in total. The molecule has 0 unspecified atom stereocenters. The molecular weight excluding hydrogens is 163 g/mol. The van der Waals surface area contributed by atoms with Crippen molar-refractivity contribution in [2.45, 2.75) is 6.92 Å². The molecule has 0 aliphatic carbocycles. The number of rotatable bonds is 2. The summed E-state index contributed by atoms with van der Waals surface area (Å²) in [6.07, 6.45) is 0. The van der Waals surface area contributed by atoms with Gasteiger partial charge in [0.1, 0.15) is 11.5 Å². The van der Waals surface area contributed by atoms with Gasteiger partial charge in [0.2, 0.25) is 0 Å². The highest BCUT2D eigenvalue weighted by atomic mass is 16.6. The predicted octanol–water partition coefficient (Wildman–Crippen LogP) is -0.703. The lowest BCUT2D eigenvalue weighted by Gasteiger charge is -2.02. The van der Waals surface area contributed by atoms with E-state index in [0.29, 0.717) is 5.76 Å². The van der Waals surface area contributed by atoms with Gasteiger partial charge in [-0.05, 0) is 6.92 Å². The first-order valence-electron chi connectivity index (χ1n) is 3.22. The van der Waals surface area contributed by atoms with E-state index in [0.717, 1.165) is 6.07 Å². The van der Waals surface area contributed by atoms with Gasteiger partial charge in [-0.1, -0.05) is 0 Å². The van der Waals surface area contributed by atoms with Crippen LogP contribution < -0.4 is 10.3 Å². The second-order valence-corrected chi connectivity index (χ2v) is 2.17. The quantitative estimate of drug-likeness (QED) is 0.573. The first kappa shape index (κ1) is 8.83. The average molecular weight is 170 g/mol. The largest absolute Gasteiger partial charge is 0.707 e. The molecule has 6 heteroatoms. The van der Waals surface area contributed by atoms with E-state index in [-0.39, 0.29) is 5.75 Å². The van der Waals surface area contributed by atoms with Crippen LogP contribution in [0.2, 0.25) is 0 Å². The maximum Gasteiger partial charge on any atom is 0.707 e. The minimum Gasteiger partial charge on any atom is -0.512 e. The summed E-state index contributed by atoms with van der Waals surface area (Å²) in [4.78, 5) is 10.7. The van der Waals surface area contributed by atoms with E-state index >= 15 is 0 Å². The zero-order valence-electron chi connectivity index (χ0n) is 6.35. The second kappa shape index (κ2) is 3.42. The molecule has 0 saturated carbocycles. The van der Waals surface area contributed by atoms with Gasteiger partial charge in [-0.2, -0.15) is 0 Å². The normalized spacial score (nSPS) is 9.58. The molecule has 0 aliphatic heterocycles. The van der Waals surface area contributed by atoms with Crippen molar-refractivity contribution in [3.63, 3.8) is 0 Å². The highest BCUT2D eigenvalue weighted by Gasteiger charge is 2.11. The molecule has 1 aromatic heterocycles. The fourth-order valence-corrected chi connectivity index (χ4v) is 0.766. The van der Waals surface area contributed by atoms with Crippen molar-refractivity contribution in [2.24, 2.45) is 0 Å². The lowest BCUT2D eigenvalue weighted by Crippen LogP contribution is -2.21. The van der Waals surface area contributed by atoms with Gasteiger partial charge < -0.3 is 19.1 Å². The maximum atomic E-state index is 10.7. The number of aryl methyl sites for hydroxylation is 1. The minimum atomic E-state index is -1.92. The molecular formula is C6H7BO5. The minimum absolute atomic E-state index is 0.0683. The van der Waals surface area contributed by atoms with E-state index in [2.05, 4.69) is 9.07 Å². The SMILES string of the molecule is Cc1cc(OB(O)O)cc(=O)o1. The Morgan fingerprint density at radius 1 is 1.50 bits per heavy atom. The molecule has 0 amide bonds. The summed E-state index contributed by atoms with van der Waals surface area (Å²) < 4.78 is 9.03. The molecule has 1 heterocycles. The van der Waals surface area contributed by atoms with Crippen molar-refractivity contribution < 1.29 is 19.1 Å². The van der Waals surface area contributed by atoms with Crippen LogP contribution in [0, 0.1) is 6.92 Å². The van der Waals surface area contributed by atoms with Gasteiger partial charge in [-0.3, -0.25) is 0 Å². The van der Waals surface area contributed by atoms with Crippen LogP contribution in [-0.2, 0) is 0 Å². The lowest BCUT2D eigenvalue weighted by molar-refractivity contribution is 0.286. The maximum absolute atomic E-state index is 10.7. The standard InChI is InChI=1S/C6H7BO5/c1-4-2-5(12-7(9)10)3-6(8)11-4/h2-3,9-10H,1H3. The van der Waals surface area contributed by atoms with Crippen molar-refractivity contribution in [1.82, 2.24) is 0 Å². The summed E-state index contributed by atoms with van der Waals surface area (Å²) in [5.74, 6) is 0.414. The van der Waals surface area contributed by atoms with Crippen molar-refractivity contribution >= 4 is 7.32 Å². The molecule has 0 spiro atoms. The Bertz CT molecular complexity index is 318. The zero-order valence-corrected chi connectivity index (χ0v) is 6.35. The van der Waals surface area contributed by atoms with Crippen LogP contribution >= 0.6 is 0 Å². The van der Waals surface area contributed by atoms with Crippen LogP contribution in [0.3, 0.4) is 0 Å². The molecule has 12 heavy (non-hydrogen) atoms. The van der Waals surface area contributed by atoms with Crippen molar-refractivity contribution in [1.29, 1.82) is 0 Å². The Morgan fingerprint density at radius 3 is 2.67 bits per heavy atom. The molecule has 0 bridgehead atoms. The summed E-state index contributed by atoms with van der Waals surface area (Å²) >= 11 is 0. The van der Waals surface area contributed by atoms with Gasteiger partial charge >= 0.3 is 12.9 Å². The Labute approximate surface area is 68.4 Å². The van der Waals surface area contributed by atoms with Crippen LogP contribution in [0.15, 0.2) is 21.3 Å². The Kier molecular flexibility index (Phi) is 2.52. The number of hydrogen-bond acceptors (Lipinski definition) is 5.